The van der Waals surface area contributed by atoms with E-state index in [1.807, 2.05) is 6.92 Å². The van der Waals surface area contributed by atoms with Gasteiger partial charge in [0.05, 0.1) is 16.3 Å². The average molecular weight is 229 g/mol. The summed E-state index contributed by atoms with van der Waals surface area (Å²) in [5, 5.41) is 12.6. The molecule has 1 heterocycles. The highest BCUT2D eigenvalue weighted by Gasteiger charge is 2.11. The molecule has 0 bridgehead atoms. The van der Waals surface area contributed by atoms with Crippen molar-refractivity contribution in [2.45, 2.75) is 6.92 Å². The van der Waals surface area contributed by atoms with Crippen LogP contribution in [0.3, 0.4) is 0 Å². The normalized spacial score (nSPS) is 10.7. The first-order valence-electron chi connectivity index (χ1n) is 4.25. The molecule has 0 unspecified atom stereocenters. The third-order valence-corrected chi connectivity index (χ3v) is 3.20. The Balaban J connectivity index is 2.70. The van der Waals surface area contributed by atoms with Gasteiger partial charge in [-0.25, -0.2) is 0 Å². The van der Waals surface area contributed by atoms with E-state index in [0.717, 1.165) is 10.1 Å². The Morgan fingerprint density at radius 1 is 1.50 bits per heavy atom. The molecule has 0 amide bonds. The molecule has 0 saturated carbocycles. The summed E-state index contributed by atoms with van der Waals surface area (Å²) < 4.78 is 6.33. The molecule has 2 aromatic rings. The Morgan fingerprint density at radius 2 is 2.29 bits per heavy atom. The molecule has 2 nitrogen and oxygen atoms in total. The van der Waals surface area contributed by atoms with Crippen LogP contribution >= 0.6 is 22.9 Å². The molecule has 1 aromatic carbocycles. The smallest absolute Gasteiger partial charge is 0.155 e. The molecule has 0 aliphatic carbocycles. The fourth-order valence-corrected chi connectivity index (χ4v) is 2.51. The van der Waals surface area contributed by atoms with Crippen molar-refractivity contribution in [3.63, 3.8) is 0 Å². The highest BCUT2D eigenvalue weighted by molar-refractivity contribution is 7.18. The van der Waals surface area contributed by atoms with Gasteiger partial charge in [0.2, 0.25) is 0 Å². The van der Waals surface area contributed by atoms with Crippen molar-refractivity contribution in [2.24, 2.45) is 0 Å². The molecule has 0 atom stereocenters. The number of fused-ring (bicyclic) bond motifs is 1. The van der Waals surface area contributed by atoms with Crippen LogP contribution in [0.25, 0.3) is 10.1 Å². The van der Waals surface area contributed by atoms with Crippen LogP contribution in [0.15, 0.2) is 17.5 Å². The molecule has 1 N–H and O–H groups in total. The van der Waals surface area contributed by atoms with Crippen LogP contribution in [-0.4, -0.2) is 11.7 Å². The molecule has 0 aliphatic heterocycles. The highest BCUT2D eigenvalue weighted by Crippen LogP contribution is 2.41. The average Bonchev–Trinajstić information content (AvgIpc) is 2.53. The number of thiophene rings is 1. The number of ether oxygens (including phenoxy) is 1. The summed E-state index contributed by atoms with van der Waals surface area (Å²) in [4.78, 5) is 0. The summed E-state index contributed by atoms with van der Waals surface area (Å²) in [6, 6.07) is 3.54. The van der Waals surface area contributed by atoms with Gasteiger partial charge in [0, 0.05) is 10.8 Å². The molecular weight excluding hydrogens is 220 g/mol. The SMILES string of the molecule is CCOc1c(Cl)ccc2c(O)csc12. The molecule has 0 radical (unpaired) electrons. The van der Waals surface area contributed by atoms with Gasteiger partial charge in [-0.2, -0.15) is 0 Å². The quantitative estimate of drug-likeness (QED) is 0.850. The van der Waals surface area contributed by atoms with E-state index in [1.54, 1.807) is 17.5 Å². The van der Waals surface area contributed by atoms with E-state index in [1.165, 1.54) is 11.3 Å². The van der Waals surface area contributed by atoms with Gasteiger partial charge in [0.15, 0.2) is 5.75 Å². The molecule has 74 valence electrons. The molecule has 14 heavy (non-hydrogen) atoms. The molecule has 0 aliphatic rings. The van der Waals surface area contributed by atoms with E-state index in [9.17, 15) is 5.11 Å². The van der Waals surface area contributed by atoms with Gasteiger partial charge in [0.1, 0.15) is 5.75 Å². The maximum Gasteiger partial charge on any atom is 0.155 e. The topological polar surface area (TPSA) is 29.5 Å². The van der Waals surface area contributed by atoms with Crippen molar-refractivity contribution < 1.29 is 9.84 Å². The summed E-state index contributed by atoms with van der Waals surface area (Å²) in [5.41, 5.74) is 0. The summed E-state index contributed by atoms with van der Waals surface area (Å²) >= 11 is 7.43. The first kappa shape index (κ1) is 9.62. The summed E-state index contributed by atoms with van der Waals surface area (Å²) in [7, 11) is 0. The molecule has 0 spiro atoms. The molecular formula is C10H9ClO2S. The lowest BCUT2D eigenvalue weighted by molar-refractivity contribution is 0.345. The minimum Gasteiger partial charge on any atom is -0.506 e. The molecule has 2 rings (SSSR count). The number of halogens is 1. The third-order valence-electron chi connectivity index (χ3n) is 1.92. The van der Waals surface area contributed by atoms with E-state index >= 15 is 0 Å². The highest BCUT2D eigenvalue weighted by atomic mass is 35.5. The molecule has 1 aromatic heterocycles. The zero-order chi connectivity index (χ0) is 10.1. The van der Waals surface area contributed by atoms with Crippen molar-refractivity contribution in [3.05, 3.63) is 22.5 Å². The van der Waals surface area contributed by atoms with E-state index in [4.69, 9.17) is 16.3 Å². The Morgan fingerprint density at radius 3 is 3.00 bits per heavy atom. The van der Waals surface area contributed by atoms with E-state index in [-0.39, 0.29) is 5.75 Å². The van der Waals surface area contributed by atoms with Crippen molar-refractivity contribution in [1.29, 1.82) is 0 Å². The van der Waals surface area contributed by atoms with Gasteiger partial charge in [-0.15, -0.1) is 11.3 Å². The maximum atomic E-state index is 9.51. The van der Waals surface area contributed by atoms with Gasteiger partial charge in [-0.1, -0.05) is 11.6 Å². The van der Waals surface area contributed by atoms with Gasteiger partial charge < -0.3 is 9.84 Å². The monoisotopic (exact) mass is 228 g/mol. The molecule has 0 fully saturated rings. The van der Waals surface area contributed by atoms with Gasteiger partial charge >= 0.3 is 0 Å². The van der Waals surface area contributed by atoms with Crippen LogP contribution in [0.2, 0.25) is 5.02 Å². The predicted octanol–water partition coefficient (Wildman–Crippen LogP) is 3.66. The van der Waals surface area contributed by atoms with E-state index in [2.05, 4.69) is 0 Å². The first-order chi connectivity index (χ1) is 6.74. The van der Waals surface area contributed by atoms with Crippen molar-refractivity contribution in [1.82, 2.24) is 0 Å². The number of hydrogen-bond acceptors (Lipinski definition) is 3. The van der Waals surface area contributed by atoms with E-state index in [0.29, 0.717) is 17.4 Å². The second-order valence-corrected chi connectivity index (χ2v) is 4.09. The predicted molar refractivity (Wildman–Crippen MR) is 59.7 cm³/mol. The minimum atomic E-state index is 0.280. The van der Waals surface area contributed by atoms with Crippen molar-refractivity contribution in [3.8, 4) is 11.5 Å². The molecule has 4 heteroatoms. The maximum absolute atomic E-state index is 9.51. The first-order valence-corrected chi connectivity index (χ1v) is 5.51. The Hall–Kier alpha value is -0.930. The Bertz CT molecular complexity index is 464. The van der Waals surface area contributed by atoms with Gasteiger partial charge in [-0.05, 0) is 19.1 Å². The van der Waals surface area contributed by atoms with Crippen molar-refractivity contribution in [2.75, 3.05) is 6.61 Å². The van der Waals surface area contributed by atoms with Gasteiger partial charge in [-0.3, -0.25) is 0 Å². The fraction of sp³-hybridized carbons (Fsp3) is 0.200. The number of benzene rings is 1. The Labute approximate surface area is 90.7 Å². The second-order valence-electron chi connectivity index (χ2n) is 2.81. The largest absolute Gasteiger partial charge is 0.506 e. The lowest BCUT2D eigenvalue weighted by Crippen LogP contribution is -1.91. The second kappa shape index (κ2) is 3.67. The zero-order valence-electron chi connectivity index (χ0n) is 7.58. The minimum absolute atomic E-state index is 0.280. The zero-order valence-corrected chi connectivity index (χ0v) is 9.15. The van der Waals surface area contributed by atoms with Crippen LogP contribution in [0.4, 0.5) is 0 Å². The standard InChI is InChI=1S/C10H9ClO2S/c1-2-13-9-7(11)4-3-6-8(12)5-14-10(6)9/h3-5,12H,2H2,1H3. The van der Waals surface area contributed by atoms with E-state index < -0.39 is 0 Å². The number of hydrogen-bond donors (Lipinski definition) is 1. The lowest BCUT2D eigenvalue weighted by atomic mass is 10.2. The summed E-state index contributed by atoms with van der Waals surface area (Å²) in [6.45, 7) is 2.47. The van der Waals surface area contributed by atoms with Crippen LogP contribution in [0, 0.1) is 0 Å². The van der Waals surface area contributed by atoms with Crippen LogP contribution < -0.4 is 4.74 Å². The van der Waals surface area contributed by atoms with Crippen molar-refractivity contribution >= 4 is 33.0 Å². The lowest BCUT2D eigenvalue weighted by Gasteiger charge is -2.06. The third kappa shape index (κ3) is 1.42. The Kier molecular flexibility index (Phi) is 2.52. The van der Waals surface area contributed by atoms with Crippen LogP contribution in [-0.2, 0) is 0 Å². The van der Waals surface area contributed by atoms with Gasteiger partial charge in [0.25, 0.3) is 0 Å². The fourth-order valence-electron chi connectivity index (χ4n) is 1.31. The summed E-state index contributed by atoms with van der Waals surface area (Å²) in [6.07, 6.45) is 0. The van der Waals surface area contributed by atoms with Crippen LogP contribution in [0.5, 0.6) is 11.5 Å². The number of rotatable bonds is 2. The summed E-state index contributed by atoms with van der Waals surface area (Å²) in [5.74, 6) is 0.944. The number of aromatic hydroxyl groups is 1. The molecule has 0 saturated heterocycles. The van der Waals surface area contributed by atoms with Crippen LogP contribution in [0.1, 0.15) is 6.92 Å².